The zero-order chi connectivity index (χ0) is 10.9. The second-order valence-corrected chi connectivity index (χ2v) is 5.03. The van der Waals surface area contributed by atoms with Crippen molar-refractivity contribution in [3.05, 3.63) is 22.4 Å². The number of thiophene rings is 1. The van der Waals surface area contributed by atoms with E-state index in [9.17, 15) is 0 Å². The van der Waals surface area contributed by atoms with Crippen LogP contribution in [-0.2, 0) is 6.42 Å². The van der Waals surface area contributed by atoms with Gasteiger partial charge in [0, 0.05) is 10.9 Å². The third kappa shape index (κ3) is 5.30. The lowest BCUT2D eigenvalue weighted by Crippen LogP contribution is -2.36. The summed E-state index contributed by atoms with van der Waals surface area (Å²) in [6.07, 6.45) is 7.52. The van der Waals surface area contributed by atoms with Gasteiger partial charge in [-0.1, -0.05) is 38.7 Å². The van der Waals surface area contributed by atoms with Crippen LogP contribution in [-0.4, -0.2) is 6.04 Å². The van der Waals surface area contributed by atoms with Crippen molar-refractivity contribution in [3.63, 3.8) is 0 Å². The molecule has 1 aromatic rings. The third-order valence-corrected chi connectivity index (χ3v) is 3.57. The molecule has 0 aromatic carbocycles. The molecule has 0 spiro atoms. The van der Waals surface area contributed by atoms with Crippen molar-refractivity contribution in [2.24, 2.45) is 5.84 Å². The molecular weight excluding hydrogens is 204 g/mol. The number of nitrogens with one attached hydrogen (secondary N) is 1. The van der Waals surface area contributed by atoms with Gasteiger partial charge in [-0.15, -0.1) is 11.3 Å². The lowest BCUT2D eigenvalue weighted by atomic mass is 10.0. The Balaban J connectivity index is 2.18. The highest BCUT2D eigenvalue weighted by molar-refractivity contribution is 7.09. The number of unbranched alkanes of at least 4 members (excludes halogenated alkanes) is 3. The molecule has 0 amide bonds. The SMILES string of the molecule is CCCCCCC(Cc1cccs1)NN. The van der Waals surface area contributed by atoms with Gasteiger partial charge >= 0.3 is 0 Å². The fourth-order valence-electron chi connectivity index (χ4n) is 1.73. The molecule has 0 saturated heterocycles. The zero-order valence-electron chi connectivity index (χ0n) is 9.54. The summed E-state index contributed by atoms with van der Waals surface area (Å²) in [6, 6.07) is 4.73. The predicted octanol–water partition coefficient (Wildman–Crippen LogP) is 3.09. The first-order valence-electron chi connectivity index (χ1n) is 5.85. The Labute approximate surface area is 96.9 Å². The van der Waals surface area contributed by atoms with Crippen molar-refractivity contribution in [1.29, 1.82) is 0 Å². The topological polar surface area (TPSA) is 38.0 Å². The maximum atomic E-state index is 5.56. The molecule has 0 aliphatic heterocycles. The minimum absolute atomic E-state index is 0.445. The second kappa shape index (κ2) is 7.85. The first-order chi connectivity index (χ1) is 7.36. The molecule has 3 N–H and O–H groups in total. The number of hydrogen-bond acceptors (Lipinski definition) is 3. The van der Waals surface area contributed by atoms with Crippen LogP contribution in [0.1, 0.15) is 43.9 Å². The summed E-state index contributed by atoms with van der Waals surface area (Å²) >= 11 is 1.81. The van der Waals surface area contributed by atoms with E-state index in [1.54, 1.807) is 0 Å². The van der Waals surface area contributed by atoms with Gasteiger partial charge in [-0.05, 0) is 24.3 Å². The Bertz CT molecular complexity index is 234. The van der Waals surface area contributed by atoms with E-state index < -0.39 is 0 Å². The molecule has 2 nitrogen and oxygen atoms in total. The largest absolute Gasteiger partial charge is 0.271 e. The molecule has 1 rings (SSSR count). The van der Waals surface area contributed by atoms with Gasteiger partial charge in [0.1, 0.15) is 0 Å². The van der Waals surface area contributed by atoms with Gasteiger partial charge in [-0.3, -0.25) is 11.3 Å². The van der Waals surface area contributed by atoms with Gasteiger partial charge in [-0.2, -0.15) is 0 Å². The monoisotopic (exact) mass is 226 g/mol. The summed E-state index contributed by atoms with van der Waals surface area (Å²) in [5, 5.41) is 2.12. The summed E-state index contributed by atoms with van der Waals surface area (Å²) in [7, 11) is 0. The molecule has 0 aliphatic carbocycles. The van der Waals surface area contributed by atoms with E-state index in [1.807, 2.05) is 11.3 Å². The highest BCUT2D eigenvalue weighted by atomic mass is 32.1. The van der Waals surface area contributed by atoms with Crippen LogP contribution in [0, 0.1) is 0 Å². The van der Waals surface area contributed by atoms with Gasteiger partial charge in [0.05, 0.1) is 0 Å². The van der Waals surface area contributed by atoms with Crippen LogP contribution >= 0.6 is 11.3 Å². The van der Waals surface area contributed by atoms with Crippen LogP contribution in [0.2, 0.25) is 0 Å². The average Bonchev–Trinajstić information content (AvgIpc) is 2.75. The van der Waals surface area contributed by atoms with Crippen molar-refractivity contribution in [2.75, 3.05) is 0 Å². The van der Waals surface area contributed by atoms with Gasteiger partial charge in [-0.25, -0.2) is 0 Å². The maximum absolute atomic E-state index is 5.56. The Kier molecular flexibility index (Phi) is 6.64. The molecule has 0 aliphatic rings. The Morgan fingerprint density at radius 3 is 2.87 bits per heavy atom. The van der Waals surface area contributed by atoms with Gasteiger partial charge in [0.2, 0.25) is 0 Å². The first kappa shape index (κ1) is 12.7. The molecule has 3 heteroatoms. The van der Waals surface area contributed by atoms with Gasteiger partial charge in [0.15, 0.2) is 0 Å². The minimum atomic E-state index is 0.445. The summed E-state index contributed by atoms with van der Waals surface area (Å²) < 4.78 is 0. The second-order valence-electron chi connectivity index (χ2n) is 4.00. The average molecular weight is 226 g/mol. The molecule has 15 heavy (non-hydrogen) atoms. The van der Waals surface area contributed by atoms with Gasteiger partial charge in [0.25, 0.3) is 0 Å². The normalized spacial score (nSPS) is 12.9. The van der Waals surface area contributed by atoms with Crippen molar-refractivity contribution < 1.29 is 0 Å². The van der Waals surface area contributed by atoms with E-state index in [1.165, 1.54) is 37.0 Å². The molecule has 1 unspecified atom stereocenters. The van der Waals surface area contributed by atoms with Crippen LogP contribution in [0.4, 0.5) is 0 Å². The number of hydrogen-bond donors (Lipinski definition) is 2. The van der Waals surface area contributed by atoms with Crippen LogP contribution in [0.15, 0.2) is 17.5 Å². The molecule has 1 aromatic heterocycles. The van der Waals surface area contributed by atoms with Crippen molar-refractivity contribution >= 4 is 11.3 Å². The van der Waals surface area contributed by atoms with E-state index >= 15 is 0 Å². The van der Waals surface area contributed by atoms with Crippen LogP contribution < -0.4 is 11.3 Å². The summed E-state index contributed by atoms with van der Waals surface area (Å²) in [5.74, 6) is 5.56. The molecule has 86 valence electrons. The molecular formula is C12H22N2S. The lowest BCUT2D eigenvalue weighted by Gasteiger charge is -2.14. The summed E-state index contributed by atoms with van der Waals surface area (Å²) in [5.41, 5.74) is 2.92. The molecule has 0 saturated carbocycles. The maximum Gasteiger partial charge on any atom is 0.0258 e. The Hall–Kier alpha value is -0.380. The fourth-order valence-corrected chi connectivity index (χ4v) is 2.52. The lowest BCUT2D eigenvalue weighted by molar-refractivity contribution is 0.465. The Morgan fingerprint density at radius 2 is 2.27 bits per heavy atom. The quantitative estimate of drug-likeness (QED) is 0.406. The fraction of sp³-hybridized carbons (Fsp3) is 0.667. The van der Waals surface area contributed by atoms with Gasteiger partial charge < -0.3 is 0 Å². The highest BCUT2D eigenvalue weighted by Gasteiger charge is 2.07. The first-order valence-corrected chi connectivity index (χ1v) is 6.73. The smallest absolute Gasteiger partial charge is 0.0258 e. The molecule has 0 radical (unpaired) electrons. The van der Waals surface area contributed by atoms with Crippen LogP contribution in [0.5, 0.6) is 0 Å². The third-order valence-electron chi connectivity index (χ3n) is 2.67. The Morgan fingerprint density at radius 1 is 1.40 bits per heavy atom. The van der Waals surface area contributed by atoms with E-state index in [-0.39, 0.29) is 0 Å². The predicted molar refractivity (Wildman–Crippen MR) is 67.9 cm³/mol. The number of nitrogens with two attached hydrogens (primary N) is 1. The molecule has 0 fully saturated rings. The highest BCUT2D eigenvalue weighted by Crippen LogP contribution is 2.14. The van der Waals surface area contributed by atoms with Crippen molar-refractivity contribution in [3.8, 4) is 0 Å². The number of hydrazine groups is 1. The summed E-state index contributed by atoms with van der Waals surface area (Å²) in [6.45, 7) is 2.24. The van der Waals surface area contributed by atoms with E-state index in [2.05, 4.69) is 29.9 Å². The van der Waals surface area contributed by atoms with Crippen LogP contribution in [0.3, 0.4) is 0 Å². The standard InChI is InChI=1S/C12H22N2S/c1-2-3-4-5-7-11(14-13)10-12-8-6-9-15-12/h6,8-9,11,14H,2-5,7,10,13H2,1H3. The van der Waals surface area contributed by atoms with E-state index in [0.717, 1.165) is 6.42 Å². The zero-order valence-corrected chi connectivity index (χ0v) is 10.4. The molecule has 1 heterocycles. The molecule has 1 atom stereocenters. The van der Waals surface area contributed by atoms with E-state index in [0.29, 0.717) is 6.04 Å². The van der Waals surface area contributed by atoms with E-state index in [4.69, 9.17) is 5.84 Å². The number of rotatable bonds is 8. The van der Waals surface area contributed by atoms with Crippen molar-refractivity contribution in [2.45, 2.75) is 51.5 Å². The minimum Gasteiger partial charge on any atom is -0.271 e. The summed E-state index contributed by atoms with van der Waals surface area (Å²) in [4.78, 5) is 1.42. The molecule has 0 bridgehead atoms. The van der Waals surface area contributed by atoms with Crippen LogP contribution in [0.25, 0.3) is 0 Å². The van der Waals surface area contributed by atoms with Crippen molar-refractivity contribution in [1.82, 2.24) is 5.43 Å².